The summed E-state index contributed by atoms with van der Waals surface area (Å²) in [6.07, 6.45) is 1.30. The molecule has 1 aromatic carbocycles. The predicted octanol–water partition coefficient (Wildman–Crippen LogP) is 3.31. The number of para-hydroxylation sites is 1. The number of ketones is 1. The highest BCUT2D eigenvalue weighted by Crippen LogP contribution is 2.22. The molecule has 0 aromatic heterocycles. The Morgan fingerprint density at radius 1 is 1.35 bits per heavy atom. The van der Waals surface area contributed by atoms with E-state index in [2.05, 4.69) is 21.2 Å². The van der Waals surface area contributed by atoms with Crippen molar-refractivity contribution in [3.8, 4) is 0 Å². The van der Waals surface area contributed by atoms with Crippen molar-refractivity contribution in [2.24, 2.45) is 0 Å². The number of benzene rings is 1. The van der Waals surface area contributed by atoms with Gasteiger partial charge in [-0.05, 0) is 25.0 Å². The number of hydrogen-bond acceptors (Lipinski definition) is 2. The monoisotopic (exact) mass is 297 g/mol. The summed E-state index contributed by atoms with van der Waals surface area (Å²) in [5, 5.41) is 2.99. The summed E-state index contributed by atoms with van der Waals surface area (Å²) in [5.74, 6) is -0.0779. The zero-order chi connectivity index (χ0) is 12.8. The summed E-state index contributed by atoms with van der Waals surface area (Å²) in [6.45, 7) is 3.84. The summed E-state index contributed by atoms with van der Waals surface area (Å²) in [5.41, 5.74) is 2.14. The van der Waals surface area contributed by atoms with E-state index < -0.39 is 0 Å². The molecule has 0 aliphatic rings. The highest BCUT2D eigenvalue weighted by atomic mass is 79.9. The van der Waals surface area contributed by atoms with Gasteiger partial charge in [0.15, 0.2) is 5.78 Å². The van der Waals surface area contributed by atoms with Gasteiger partial charge in [-0.2, -0.15) is 0 Å². The van der Waals surface area contributed by atoms with E-state index in [1.54, 1.807) is 6.07 Å². The lowest BCUT2D eigenvalue weighted by Gasteiger charge is -2.12. The number of hydrogen-bond donors (Lipinski definition) is 1. The van der Waals surface area contributed by atoms with Crippen LogP contribution in [-0.4, -0.2) is 17.0 Å². The molecule has 4 heteroatoms. The fourth-order valence-electron chi connectivity index (χ4n) is 1.60. The highest BCUT2D eigenvalue weighted by Gasteiger charge is 2.14. The van der Waals surface area contributed by atoms with E-state index in [9.17, 15) is 9.59 Å². The van der Waals surface area contributed by atoms with Gasteiger partial charge < -0.3 is 5.32 Å². The number of rotatable bonds is 5. The van der Waals surface area contributed by atoms with Gasteiger partial charge >= 0.3 is 0 Å². The Labute approximate surface area is 110 Å². The number of carbonyl (C=O) groups excluding carboxylic acids is 2. The lowest BCUT2D eigenvalue weighted by Crippen LogP contribution is -2.16. The summed E-state index contributed by atoms with van der Waals surface area (Å²) in [7, 11) is 0. The normalized spacial score (nSPS) is 10.1. The molecule has 0 bridgehead atoms. The van der Waals surface area contributed by atoms with Crippen LogP contribution in [-0.2, 0) is 4.79 Å². The number of anilines is 1. The van der Waals surface area contributed by atoms with Crippen LogP contribution in [0.5, 0.6) is 0 Å². The second-order valence-electron chi connectivity index (χ2n) is 3.85. The number of nitrogens with one attached hydrogen (secondary N) is 1. The number of amides is 1. The topological polar surface area (TPSA) is 46.2 Å². The Kier molecular flexibility index (Phi) is 5.35. The number of halogens is 1. The van der Waals surface area contributed by atoms with Crippen molar-refractivity contribution in [1.29, 1.82) is 0 Å². The van der Waals surface area contributed by atoms with Gasteiger partial charge in [0.1, 0.15) is 0 Å². The molecule has 1 N–H and O–H groups in total. The molecule has 0 spiro atoms. The predicted molar refractivity (Wildman–Crippen MR) is 72.8 cm³/mol. The third-order valence-corrected chi connectivity index (χ3v) is 2.95. The van der Waals surface area contributed by atoms with Gasteiger partial charge in [0.25, 0.3) is 0 Å². The molecule has 0 aliphatic carbocycles. The fourth-order valence-corrected chi connectivity index (χ4v) is 1.74. The largest absolute Gasteiger partial charge is 0.324 e. The van der Waals surface area contributed by atoms with Crippen LogP contribution >= 0.6 is 15.9 Å². The quantitative estimate of drug-likeness (QED) is 0.669. The van der Waals surface area contributed by atoms with Crippen LogP contribution in [0.25, 0.3) is 0 Å². The van der Waals surface area contributed by atoms with Gasteiger partial charge in [-0.3, -0.25) is 9.59 Å². The van der Waals surface area contributed by atoms with Crippen LogP contribution in [0, 0.1) is 6.92 Å². The van der Waals surface area contributed by atoms with Crippen LogP contribution < -0.4 is 5.32 Å². The Bertz CT molecular complexity index is 429. The van der Waals surface area contributed by atoms with E-state index in [0.29, 0.717) is 17.7 Å². The Hall–Kier alpha value is -1.16. The smallest absolute Gasteiger partial charge is 0.235 e. The average Bonchev–Trinajstić information content (AvgIpc) is 2.31. The van der Waals surface area contributed by atoms with E-state index in [1.165, 1.54) is 0 Å². The molecule has 0 radical (unpaired) electrons. The number of aryl methyl sites for hydroxylation is 1. The number of carbonyl (C=O) groups is 2. The van der Waals surface area contributed by atoms with Crippen LogP contribution in [0.15, 0.2) is 18.2 Å². The van der Waals surface area contributed by atoms with Crippen molar-refractivity contribution in [1.82, 2.24) is 0 Å². The first kappa shape index (κ1) is 13.9. The van der Waals surface area contributed by atoms with Gasteiger partial charge in [-0.15, -0.1) is 0 Å². The third-order valence-electron chi connectivity index (χ3n) is 2.44. The van der Waals surface area contributed by atoms with Crippen LogP contribution in [0.2, 0.25) is 0 Å². The zero-order valence-electron chi connectivity index (χ0n) is 10.0. The van der Waals surface area contributed by atoms with Gasteiger partial charge in [0, 0.05) is 12.0 Å². The molecule has 0 unspecified atom stereocenters. The van der Waals surface area contributed by atoms with E-state index in [0.717, 1.165) is 12.0 Å². The SMILES string of the molecule is CCCC(=O)c1cccc(C)c1NC(=O)CBr. The highest BCUT2D eigenvalue weighted by molar-refractivity contribution is 9.09. The molecule has 3 nitrogen and oxygen atoms in total. The summed E-state index contributed by atoms with van der Waals surface area (Å²) in [4.78, 5) is 23.3. The average molecular weight is 298 g/mol. The molecule has 0 atom stereocenters. The second kappa shape index (κ2) is 6.55. The van der Waals surface area contributed by atoms with Crippen LogP contribution in [0.1, 0.15) is 35.7 Å². The fraction of sp³-hybridized carbons (Fsp3) is 0.385. The van der Waals surface area contributed by atoms with Crippen molar-refractivity contribution in [2.75, 3.05) is 10.6 Å². The third kappa shape index (κ3) is 3.66. The summed E-state index contributed by atoms with van der Waals surface area (Å²) in [6, 6.07) is 5.48. The Balaban J connectivity index is 3.08. The minimum atomic E-state index is -0.148. The van der Waals surface area contributed by atoms with Crippen LogP contribution in [0.4, 0.5) is 5.69 Å². The zero-order valence-corrected chi connectivity index (χ0v) is 11.6. The molecule has 1 rings (SSSR count). The molecule has 0 heterocycles. The molecule has 0 aliphatic heterocycles. The van der Waals surface area contributed by atoms with Crippen molar-refractivity contribution >= 4 is 33.3 Å². The van der Waals surface area contributed by atoms with Gasteiger partial charge in [0.05, 0.1) is 11.0 Å². The van der Waals surface area contributed by atoms with Gasteiger partial charge in [-0.1, -0.05) is 35.0 Å². The standard InChI is InChI=1S/C13H16BrNO2/c1-3-5-11(16)10-7-4-6-9(2)13(10)15-12(17)8-14/h4,6-7H,3,5,8H2,1-2H3,(H,15,17). The second-order valence-corrected chi connectivity index (χ2v) is 4.41. The van der Waals surface area contributed by atoms with E-state index in [-0.39, 0.29) is 17.0 Å². The lowest BCUT2D eigenvalue weighted by molar-refractivity contribution is -0.113. The van der Waals surface area contributed by atoms with E-state index >= 15 is 0 Å². The maximum absolute atomic E-state index is 11.9. The Morgan fingerprint density at radius 2 is 2.06 bits per heavy atom. The summed E-state index contributed by atoms with van der Waals surface area (Å²) < 4.78 is 0. The molecule has 0 saturated heterocycles. The van der Waals surface area contributed by atoms with E-state index in [1.807, 2.05) is 26.0 Å². The first-order chi connectivity index (χ1) is 8.10. The molecule has 0 saturated carbocycles. The van der Waals surface area contributed by atoms with Crippen molar-refractivity contribution < 1.29 is 9.59 Å². The molecular formula is C13H16BrNO2. The molecule has 0 fully saturated rings. The molecule has 17 heavy (non-hydrogen) atoms. The van der Waals surface area contributed by atoms with Gasteiger partial charge in [-0.25, -0.2) is 0 Å². The molecule has 1 aromatic rings. The number of Topliss-reactive ketones (excluding diaryl/α,β-unsaturated/α-hetero) is 1. The first-order valence-corrected chi connectivity index (χ1v) is 6.71. The van der Waals surface area contributed by atoms with Crippen molar-refractivity contribution in [3.05, 3.63) is 29.3 Å². The number of alkyl halides is 1. The summed E-state index contributed by atoms with van der Waals surface area (Å²) >= 11 is 3.09. The minimum absolute atomic E-state index is 0.0704. The van der Waals surface area contributed by atoms with Crippen LogP contribution in [0.3, 0.4) is 0 Å². The van der Waals surface area contributed by atoms with E-state index in [4.69, 9.17) is 0 Å². The molecule has 92 valence electrons. The van der Waals surface area contributed by atoms with Crippen molar-refractivity contribution in [3.63, 3.8) is 0 Å². The lowest BCUT2D eigenvalue weighted by atomic mass is 10.0. The maximum Gasteiger partial charge on any atom is 0.235 e. The van der Waals surface area contributed by atoms with Gasteiger partial charge in [0.2, 0.25) is 5.91 Å². The maximum atomic E-state index is 11.9. The minimum Gasteiger partial charge on any atom is -0.324 e. The van der Waals surface area contributed by atoms with Crippen molar-refractivity contribution in [2.45, 2.75) is 26.7 Å². The molecular weight excluding hydrogens is 282 g/mol. The molecule has 1 amide bonds. The Morgan fingerprint density at radius 3 is 2.65 bits per heavy atom. The first-order valence-electron chi connectivity index (χ1n) is 5.58.